The lowest BCUT2D eigenvalue weighted by atomic mass is 9.83. The number of rotatable bonds is 9. The van der Waals surface area contributed by atoms with E-state index in [4.69, 9.17) is 12.2 Å². The predicted octanol–water partition coefficient (Wildman–Crippen LogP) is 1.56. The quantitative estimate of drug-likeness (QED) is 0.563. The summed E-state index contributed by atoms with van der Waals surface area (Å²) in [5.74, 6) is 3.50. The maximum absolute atomic E-state index is 12.2. The second-order valence-corrected chi connectivity index (χ2v) is 7.53. The predicted molar refractivity (Wildman–Crippen MR) is 93.4 cm³/mol. The third kappa shape index (κ3) is 7.97. The van der Waals surface area contributed by atoms with Crippen LogP contribution < -0.4 is 11.1 Å². The van der Waals surface area contributed by atoms with Gasteiger partial charge >= 0.3 is 5.91 Å². The van der Waals surface area contributed by atoms with Gasteiger partial charge in [0.1, 0.15) is 18.2 Å². The molecular formula is C19H35N2O2+. The number of amides is 1. The van der Waals surface area contributed by atoms with Crippen molar-refractivity contribution in [1.82, 2.24) is 0 Å². The lowest BCUT2D eigenvalue weighted by molar-refractivity contribution is -0.618. The molecule has 0 heterocycles. The lowest BCUT2D eigenvalue weighted by Gasteiger charge is -2.28. The average molecular weight is 324 g/mol. The molecule has 0 aromatic heterocycles. The molecule has 1 unspecified atom stereocenters. The first-order valence-corrected chi connectivity index (χ1v) is 9.19. The van der Waals surface area contributed by atoms with E-state index in [0.29, 0.717) is 11.8 Å². The molecule has 0 spiro atoms. The monoisotopic (exact) mass is 323 g/mol. The molecule has 23 heavy (non-hydrogen) atoms. The van der Waals surface area contributed by atoms with Crippen LogP contribution in [0.15, 0.2) is 0 Å². The van der Waals surface area contributed by atoms with E-state index in [1.807, 2.05) is 0 Å². The van der Waals surface area contributed by atoms with Crippen LogP contribution in [0.1, 0.15) is 71.6 Å². The number of aliphatic hydroxyl groups is 1. The topological polar surface area (TPSA) is 79.9 Å². The van der Waals surface area contributed by atoms with Gasteiger partial charge in [0.25, 0.3) is 0 Å². The van der Waals surface area contributed by atoms with Gasteiger partial charge in [0.05, 0.1) is 0 Å². The Morgan fingerprint density at radius 2 is 1.96 bits per heavy atom. The molecule has 4 heteroatoms. The van der Waals surface area contributed by atoms with Crippen LogP contribution in [-0.2, 0) is 4.79 Å². The Labute approximate surface area is 141 Å². The zero-order valence-electron chi connectivity index (χ0n) is 14.8. The number of quaternary nitrogens is 1. The van der Waals surface area contributed by atoms with Crippen LogP contribution in [0.3, 0.4) is 0 Å². The van der Waals surface area contributed by atoms with Gasteiger partial charge in [-0.25, -0.2) is 4.79 Å². The van der Waals surface area contributed by atoms with Gasteiger partial charge in [0.15, 0.2) is 0 Å². The minimum absolute atomic E-state index is 0.0897. The first-order chi connectivity index (χ1) is 10.9. The standard InChI is InChI=1S/C19H34N2O2/c1-4-8-16(20)19(23)21-17(18(22)12-11-14(2)3)13-15-9-6-5-7-10-15/h1,14-18,22H,5-13,20H2,2-3H3,(H,21,23)/p+1/t16-,17?,18-/m0/s1. The van der Waals surface area contributed by atoms with Gasteiger partial charge in [-0.3, -0.25) is 5.32 Å². The van der Waals surface area contributed by atoms with Gasteiger partial charge in [-0.2, -0.15) is 0 Å². The van der Waals surface area contributed by atoms with Gasteiger partial charge in [0.2, 0.25) is 0 Å². The maximum Gasteiger partial charge on any atom is 0.328 e. The molecule has 0 aromatic carbocycles. The number of nitrogens with two attached hydrogens (primary N) is 2. The van der Waals surface area contributed by atoms with E-state index in [1.165, 1.54) is 32.1 Å². The molecule has 0 aliphatic heterocycles. The highest BCUT2D eigenvalue weighted by Crippen LogP contribution is 2.27. The molecule has 0 saturated heterocycles. The number of aliphatic hydroxyl groups excluding tert-OH is 1. The molecule has 3 atom stereocenters. The smallest absolute Gasteiger partial charge is 0.328 e. The van der Waals surface area contributed by atoms with E-state index in [-0.39, 0.29) is 18.4 Å². The van der Waals surface area contributed by atoms with Crippen LogP contribution >= 0.6 is 0 Å². The second-order valence-electron chi connectivity index (χ2n) is 7.53. The molecule has 132 valence electrons. The van der Waals surface area contributed by atoms with Crippen LogP contribution in [0.2, 0.25) is 0 Å². The lowest BCUT2D eigenvalue weighted by Crippen LogP contribution is -2.98. The minimum Gasteiger partial charge on any atom is -0.387 e. The summed E-state index contributed by atoms with van der Waals surface area (Å²) in [6.45, 7) is 4.31. The Morgan fingerprint density at radius 3 is 2.52 bits per heavy atom. The molecular weight excluding hydrogens is 288 g/mol. The first-order valence-electron chi connectivity index (χ1n) is 9.19. The van der Waals surface area contributed by atoms with Gasteiger partial charge < -0.3 is 10.8 Å². The molecule has 1 aliphatic rings. The SMILES string of the molecule is C#CC[C@H](N)C(=O)[NH2+]C(CC1CCCCC1)[C@@H](O)CCC(C)C. The number of primary amides is 1. The second kappa shape index (κ2) is 10.8. The highest BCUT2D eigenvalue weighted by Gasteiger charge is 2.31. The summed E-state index contributed by atoms with van der Waals surface area (Å²) in [5.41, 5.74) is 5.83. The fraction of sp³-hybridized carbons (Fsp3) is 0.842. The van der Waals surface area contributed by atoms with Crippen molar-refractivity contribution in [2.45, 2.75) is 89.8 Å². The number of carbonyl (C=O) groups is 1. The summed E-state index contributed by atoms with van der Waals surface area (Å²) in [7, 11) is 0. The van der Waals surface area contributed by atoms with E-state index >= 15 is 0 Å². The highest BCUT2D eigenvalue weighted by atomic mass is 16.3. The van der Waals surface area contributed by atoms with Gasteiger partial charge in [-0.05, 0) is 24.7 Å². The molecule has 0 radical (unpaired) electrons. The Balaban J connectivity index is 2.62. The van der Waals surface area contributed by atoms with Gasteiger partial charge in [-0.15, -0.1) is 12.3 Å². The van der Waals surface area contributed by atoms with Crippen molar-refractivity contribution < 1.29 is 15.2 Å². The van der Waals surface area contributed by atoms with Crippen molar-refractivity contribution in [3.8, 4) is 12.3 Å². The summed E-state index contributed by atoms with van der Waals surface area (Å²) >= 11 is 0. The maximum atomic E-state index is 12.2. The zero-order chi connectivity index (χ0) is 17.2. The van der Waals surface area contributed by atoms with E-state index in [0.717, 1.165) is 19.3 Å². The minimum atomic E-state index is -0.633. The Hall–Kier alpha value is -0.890. The van der Waals surface area contributed by atoms with Crippen molar-refractivity contribution >= 4 is 5.91 Å². The first kappa shape index (κ1) is 20.2. The van der Waals surface area contributed by atoms with Crippen LogP contribution in [0.25, 0.3) is 0 Å². The number of carbonyl (C=O) groups excluding carboxylic acids is 1. The van der Waals surface area contributed by atoms with Crippen molar-refractivity contribution in [1.29, 1.82) is 0 Å². The van der Waals surface area contributed by atoms with E-state index in [2.05, 4.69) is 19.8 Å². The average Bonchev–Trinajstić information content (AvgIpc) is 2.53. The third-order valence-electron chi connectivity index (χ3n) is 4.95. The van der Waals surface area contributed by atoms with Crippen molar-refractivity contribution in [2.24, 2.45) is 17.6 Å². The molecule has 1 saturated carbocycles. The van der Waals surface area contributed by atoms with Crippen molar-refractivity contribution in [2.75, 3.05) is 0 Å². The summed E-state index contributed by atoms with van der Waals surface area (Å²) < 4.78 is 0. The third-order valence-corrected chi connectivity index (χ3v) is 4.95. The molecule has 4 nitrogen and oxygen atoms in total. The van der Waals surface area contributed by atoms with E-state index < -0.39 is 12.1 Å². The van der Waals surface area contributed by atoms with Crippen LogP contribution in [0.5, 0.6) is 0 Å². The molecule has 5 N–H and O–H groups in total. The van der Waals surface area contributed by atoms with Crippen LogP contribution in [0.4, 0.5) is 0 Å². The number of hydrogen-bond donors (Lipinski definition) is 3. The van der Waals surface area contributed by atoms with Crippen LogP contribution in [0, 0.1) is 24.2 Å². The molecule has 1 aliphatic carbocycles. The molecule has 0 aromatic rings. The molecule has 0 bridgehead atoms. The molecule has 1 rings (SSSR count). The fourth-order valence-electron chi connectivity index (χ4n) is 3.42. The van der Waals surface area contributed by atoms with Gasteiger partial charge in [-0.1, -0.05) is 46.0 Å². The summed E-state index contributed by atoms with van der Waals surface area (Å²) in [6, 6.07) is -0.723. The number of terminal acetylenes is 1. The van der Waals surface area contributed by atoms with E-state index in [1.54, 1.807) is 5.32 Å². The van der Waals surface area contributed by atoms with E-state index in [9.17, 15) is 9.90 Å². The number of hydrogen-bond acceptors (Lipinski definition) is 3. The zero-order valence-corrected chi connectivity index (χ0v) is 14.8. The Bertz CT molecular complexity index is 383. The summed E-state index contributed by atoms with van der Waals surface area (Å²) in [6.07, 6.45) is 13.9. The highest BCUT2D eigenvalue weighted by molar-refractivity contribution is 5.72. The normalized spacial score (nSPS) is 20.0. The largest absolute Gasteiger partial charge is 0.387 e. The van der Waals surface area contributed by atoms with Gasteiger partial charge in [0, 0.05) is 12.8 Å². The summed E-state index contributed by atoms with van der Waals surface area (Å²) in [4.78, 5) is 12.2. The summed E-state index contributed by atoms with van der Waals surface area (Å²) in [5, 5.41) is 12.3. The molecule has 1 fully saturated rings. The Kier molecular flexibility index (Phi) is 9.47. The molecule has 1 amide bonds. The van der Waals surface area contributed by atoms with Crippen molar-refractivity contribution in [3.05, 3.63) is 0 Å². The van der Waals surface area contributed by atoms with Crippen molar-refractivity contribution in [3.63, 3.8) is 0 Å². The Morgan fingerprint density at radius 1 is 1.30 bits per heavy atom. The van der Waals surface area contributed by atoms with Crippen LogP contribution in [-0.4, -0.2) is 29.2 Å². The fourth-order valence-corrected chi connectivity index (χ4v) is 3.42.